The summed E-state index contributed by atoms with van der Waals surface area (Å²) >= 11 is 0. The first kappa shape index (κ1) is 18.8. The molecule has 1 N–H and O–H groups in total. The number of aromatic nitrogens is 1. The van der Waals surface area contributed by atoms with Crippen molar-refractivity contribution in [3.8, 4) is 0 Å². The van der Waals surface area contributed by atoms with Crippen LogP contribution >= 0.6 is 0 Å². The molecule has 0 fully saturated rings. The quantitative estimate of drug-likeness (QED) is 0.795. The van der Waals surface area contributed by atoms with Gasteiger partial charge >= 0.3 is 0 Å². The summed E-state index contributed by atoms with van der Waals surface area (Å²) in [6, 6.07) is 11.7. The van der Waals surface area contributed by atoms with Gasteiger partial charge in [0.2, 0.25) is 0 Å². The van der Waals surface area contributed by atoms with Gasteiger partial charge in [0, 0.05) is 12.4 Å². The van der Waals surface area contributed by atoms with E-state index in [2.05, 4.69) is 29.3 Å². The lowest BCUT2D eigenvalue weighted by Crippen LogP contribution is -1.96. The minimum atomic E-state index is -4.02. The Bertz CT molecular complexity index is 667. The molecule has 1 aliphatic rings. The number of aryl methyl sites for hydroxylation is 1. The lowest BCUT2D eigenvalue weighted by atomic mass is 10.2. The topological polar surface area (TPSA) is 67.3 Å². The third-order valence-corrected chi connectivity index (χ3v) is 3.64. The Kier molecular flexibility index (Phi) is 8.57. The Balaban J connectivity index is 0.000000187. The molecule has 1 aromatic carbocycles. The zero-order valence-electron chi connectivity index (χ0n) is 13.0. The van der Waals surface area contributed by atoms with Gasteiger partial charge in [-0.15, -0.1) is 0 Å². The van der Waals surface area contributed by atoms with Gasteiger partial charge in [0.05, 0.1) is 4.90 Å². The second-order valence-corrected chi connectivity index (χ2v) is 6.17. The summed E-state index contributed by atoms with van der Waals surface area (Å²) in [7, 11) is -4.02. The Hall–Kier alpha value is -2.24. The van der Waals surface area contributed by atoms with E-state index in [1.54, 1.807) is 24.5 Å². The zero-order valence-corrected chi connectivity index (χ0v) is 13.9. The molecule has 0 saturated heterocycles. The van der Waals surface area contributed by atoms with E-state index in [4.69, 9.17) is 4.55 Å². The molecule has 23 heavy (non-hydrogen) atoms. The minimum absolute atomic E-state index is 0.0666. The summed E-state index contributed by atoms with van der Waals surface area (Å²) in [5.74, 6) is 0. The summed E-state index contributed by atoms with van der Waals surface area (Å²) in [6.45, 7) is 1.84. The van der Waals surface area contributed by atoms with Crippen LogP contribution in [0.15, 0.2) is 84.1 Å². The average Bonchev–Trinajstić information content (AvgIpc) is 2.59. The molecule has 0 unspecified atom stereocenters. The third kappa shape index (κ3) is 9.39. The average molecular weight is 331 g/mol. The molecule has 5 heteroatoms. The summed E-state index contributed by atoms with van der Waals surface area (Å²) < 4.78 is 29.6. The van der Waals surface area contributed by atoms with E-state index in [0.29, 0.717) is 0 Å². The number of nitrogens with zero attached hydrogens (tertiary/aromatic N) is 1. The molecule has 2 aromatic rings. The minimum Gasteiger partial charge on any atom is -0.282 e. The van der Waals surface area contributed by atoms with E-state index < -0.39 is 10.1 Å². The first-order chi connectivity index (χ1) is 11.0. The van der Waals surface area contributed by atoms with Crippen molar-refractivity contribution in [3.63, 3.8) is 0 Å². The molecule has 3 rings (SSSR count). The van der Waals surface area contributed by atoms with Crippen LogP contribution in [0.4, 0.5) is 0 Å². The molecular weight excluding hydrogens is 310 g/mol. The fraction of sp³-hybridized carbons (Fsp3) is 0.167. The maximum atomic E-state index is 10.5. The van der Waals surface area contributed by atoms with E-state index in [-0.39, 0.29) is 4.90 Å². The Morgan fingerprint density at radius 2 is 1.43 bits per heavy atom. The molecular formula is C18H21NO3S. The van der Waals surface area contributed by atoms with Gasteiger partial charge in [0.15, 0.2) is 0 Å². The van der Waals surface area contributed by atoms with Gasteiger partial charge in [-0.2, -0.15) is 8.42 Å². The molecule has 1 aromatic heterocycles. The maximum Gasteiger partial charge on any atom is 0.294 e. The van der Waals surface area contributed by atoms with Gasteiger partial charge in [0.25, 0.3) is 10.1 Å². The first-order valence-electron chi connectivity index (χ1n) is 7.21. The van der Waals surface area contributed by atoms with Gasteiger partial charge in [-0.25, -0.2) is 0 Å². The molecule has 0 radical (unpaired) electrons. The second kappa shape index (κ2) is 10.5. The van der Waals surface area contributed by atoms with Crippen molar-refractivity contribution in [2.24, 2.45) is 0 Å². The molecule has 0 amide bonds. The SMILES string of the molecule is C1=CCCC=C1.Cc1ccc(S(=O)(=O)O)cc1.c1ccncc1. The predicted octanol–water partition coefficient (Wildman–Crippen LogP) is 4.22. The van der Waals surface area contributed by atoms with Crippen molar-refractivity contribution in [2.75, 3.05) is 0 Å². The molecule has 0 atom stereocenters. The standard InChI is InChI=1S/C7H8O3S.C6H8.C5H5N/c1-6-2-4-7(5-3-6)11(8,9)10;2*1-2-4-6-5-3-1/h2-5H,1H3,(H,8,9,10);1-4H,5-6H2;1-5H. The number of hydrogen-bond acceptors (Lipinski definition) is 3. The molecule has 4 nitrogen and oxygen atoms in total. The molecule has 0 bridgehead atoms. The summed E-state index contributed by atoms with van der Waals surface area (Å²) in [4.78, 5) is 3.72. The van der Waals surface area contributed by atoms with Gasteiger partial charge in [-0.3, -0.25) is 9.54 Å². The summed E-state index contributed by atoms with van der Waals surface area (Å²) in [5, 5.41) is 0. The monoisotopic (exact) mass is 331 g/mol. The summed E-state index contributed by atoms with van der Waals surface area (Å²) in [6.07, 6.45) is 14.5. The van der Waals surface area contributed by atoms with Crippen LogP contribution in [0.2, 0.25) is 0 Å². The Morgan fingerprint density at radius 3 is 1.70 bits per heavy atom. The predicted molar refractivity (Wildman–Crippen MR) is 92.7 cm³/mol. The molecule has 1 heterocycles. The number of benzene rings is 1. The van der Waals surface area contributed by atoms with Crippen LogP contribution in [0.3, 0.4) is 0 Å². The van der Waals surface area contributed by atoms with Crippen LogP contribution in [-0.2, 0) is 10.1 Å². The highest BCUT2D eigenvalue weighted by Gasteiger charge is 2.06. The second-order valence-electron chi connectivity index (χ2n) is 4.75. The van der Waals surface area contributed by atoms with E-state index >= 15 is 0 Å². The highest BCUT2D eigenvalue weighted by atomic mass is 32.2. The molecule has 0 aliphatic heterocycles. The number of pyridine rings is 1. The molecule has 1 aliphatic carbocycles. The highest BCUT2D eigenvalue weighted by Crippen LogP contribution is 2.08. The lowest BCUT2D eigenvalue weighted by Gasteiger charge is -1.95. The van der Waals surface area contributed by atoms with Crippen LogP contribution < -0.4 is 0 Å². The smallest absolute Gasteiger partial charge is 0.282 e. The van der Waals surface area contributed by atoms with E-state index in [1.165, 1.54) is 25.0 Å². The van der Waals surface area contributed by atoms with Crippen LogP contribution in [0.25, 0.3) is 0 Å². The van der Waals surface area contributed by atoms with Gasteiger partial charge in [-0.1, -0.05) is 48.1 Å². The van der Waals surface area contributed by atoms with Gasteiger partial charge in [-0.05, 0) is 44.0 Å². The first-order valence-corrected chi connectivity index (χ1v) is 8.65. The van der Waals surface area contributed by atoms with Crippen LogP contribution in [0.1, 0.15) is 18.4 Å². The Morgan fingerprint density at radius 1 is 0.913 bits per heavy atom. The van der Waals surface area contributed by atoms with Gasteiger partial charge in [0.1, 0.15) is 0 Å². The fourth-order valence-electron chi connectivity index (χ4n) is 1.56. The van der Waals surface area contributed by atoms with E-state index in [1.807, 2.05) is 25.1 Å². The Labute approximate surface area is 138 Å². The zero-order chi connectivity index (χ0) is 17.0. The van der Waals surface area contributed by atoms with Crippen molar-refractivity contribution in [3.05, 3.63) is 84.7 Å². The lowest BCUT2D eigenvalue weighted by molar-refractivity contribution is 0.483. The number of allylic oxidation sites excluding steroid dienone is 4. The molecule has 0 spiro atoms. The normalized spacial score (nSPS) is 12.4. The van der Waals surface area contributed by atoms with Crippen LogP contribution in [0, 0.1) is 6.92 Å². The van der Waals surface area contributed by atoms with E-state index in [0.717, 1.165) is 5.56 Å². The van der Waals surface area contributed by atoms with Crippen LogP contribution in [-0.4, -0.2) is 18.0 Å². The van der Waals surface area contributed by atoms with Crippen molar-refractivity contribution in [1.29, 1.82) is 0 Å². The summed E-state index contributed by atoms with van der Waals surface area (Å²) in [5.41, 5.74) is 0.956. The van der Waals surface area contributed by atoms with Crippen molar-refractivity contribution in [1.82, 2.24) is 4.98 Å². The van der Waals surface area contributed by atoms with E-state index in [9.17, 15) is 8.42 Å². The maximum absolute atomic E-state index is 10.5. The van der Waals surface area contributed by atoms with Gasteiger partial charge < -0.3 is 0 Å². The largest absolute Gasteiger partial charge is 0.294 e. The van der Waals surface area contributed by atoms with Crippen molar-refractivity contribution >= 4 is 10.1 Å². The van der Waals surface area contributed by atoms with Crippen molar-refractivity contribution in [2.45, 2.75) is 24.7 Å². The molecule has 122 valence electrons. The fourth-order valence-corrected chi connectivity index (χ4v) is 2.04. The van der Waals surface area contributed by atoms with Crippen molar-refractivity contribution < 1.29 is 13.0 Å². The molecule has 0 saturated carbocycles. The van der Waals surface area contributed by atoms with Crippen LogP contribution in [0.5, 0.6) is 0 Å². The number of rotatable bonds is 1. The third-order valence-electron chi connectivity index (χ3n) is 2.77. The number of hydrogen-bond donors (Lipinski definition) is 1. The highest BCUT2D eigenvalue weighted by molar-refractivity contribution is 7.85.